The minimum atomic E-state index is -0.299. The molecule has 1 aliphatic rings. The van der Waals surface area contributed by atoms with Gasteiger partial charge in [0.2, 0.25) is 5.91 Å². The van der Waals surface area contributed by atoms with Crippen molar-refractivity contribution in [3.8, 4) is 0 Å². The number of nitrogens with one attached hydrogen (secondary N) is 3. The predicted octanol–water partition coefficient (Wildman–Crippen LogP) is 1.27. The van der Waals surface area contributed by atoms with Crippen LogP contribution in [0.2, 0.25) is 0 Å². The van der Waals surface area contributed by atoms with Crippen molar-refractivity contribution in [2.24, 2.45) is 4.99 Å². The second-order valence-corrected chi connectivity index (χ2v) is 6.25. The van der Waals surface area contributed by atoms with Gasteiger partial charge in [-0.25, -0.2) is 9.37 Å². The maximum Gasteiger partial charge on any atom is 0.221 e. The number of aliphatic imine (C=N–C) groups is 1. The SMILES string of the molecule is CCCNC(=O)CCN=C(NCC)NC1CCN(c2ncccc2F)C1. The van der Waals surface area contributed by atoms with Crippen LogP contribution in [0.5, 0.6) is 0 Å². The number of hydrogen-bond donors (Lipinski definition) is 3. The smallest absolute Gasteiger partial charge is 0.221 e. The highest BCUT2D eigenvalue weighted by Gasteiger charge is 2.25. The van der Waals surface area contributed by atoms with E-state index < -0.39 is 0 Å². The molecule has 1 aromatic rings. The number of guanidine groups is 1. The highest BCUT2D eigenvalue weighted by molar-refractivity contribution is 5.81. The molecule has 144 valence electrons. The number of carbonyl (C=O) groups excluding carboxylic acids is 1. The molecular weight excluding hydrogens is 335 g/mol. The third-order valence-corrected chi connectivity index (χ3v) is 4.09. The van der Waals surface area contributed by atoms with Crippen molar-refractivity contribution in [2.45, 2.75) is 39.2 Å². The van der Waals surface area contributed by atoms with E-state index >= 15 is 0 Å². The molecule has 1 aliphatic heterocycles. The molecule has 1 aromatic heterocycles. The normalized spacial score (nSPS) is 17.3. The summed E-state index contributed by atoms with van der Waals surface area (Å²) in [7, 11) is 0. The Balaban J connectivity index is 1.85. The molecule has 3 N–H and O–H groups in total. The molecule has 2 rings (SSSR count). The second kappa shape index (κ2) is 10.6. The summed E-state index contributed by atoms with van der Waals surface area (Å²) >= 11 is 0. The van der Waals surface area contributed by atoms with Gasteiger partial charge in [0.1, 0.15) is 0 Å². The third kappa shape index (κ3) is 6.16. The number of aromatic nitrogens is 1. The van der Waals surface area contributed by atoms with Crippen LogP contribution in [0, 0.1) is 5.82 Å². The zero-order chi connectivity index (χ0) is 18.8. The topological polar surface area (TPSA) is 81.6 Å². The summed E-state index contributed by atoms with van der Waals surface area (Å²) in [6.45, 7) is 7.28. The molecule has 2 heterocycles. The largest absolute Gasteiger partial charge is 0.357 e. The Morgan fingerprint density at radius 1 is 1.42 bits per heavy atom. The first-order valence-corrected chi connectivity index (χ1v) is 9.31. The zero-order valence-corrected chi connectivity index (χ0v) is 15.6. The van der Waals surface area contributed by atoms with Gasteiger partial charge in [-0.15, -0.1) is 0 Å². The molecule has 7 nitrogen and oxygen atoms in total. The first-order valence-electron chi connectivity index (χ1n) is 9.31. The van der Waals surface area contributed by atoms with Crippen LogP contribution < -0.4 is 20.9 Å². The third-order valence-electron chi connectivity index (χ3n) is 4.09. The van der Waals surface area contributed by atoms with Gasteiger partial charge in [-0.05, 0) is 31.9 Å². The summed E-state index contributed by atoms with van der Waals surface area (Å²) in [5.41, 5.74) is 0. The maximum absolute atomic E-state index is 13.9. The lowest BCUT2D eigenvalue weighted by atomic mass is 10.3. The molecule has 0 aliphatic carbocycles. The first-order chi connectivity index (χ1) is 12.6. The van der Waals surface area contributed by atoms with Gasteiger partial charge in [-0.3, -0.25) is 9.79 Å². The Bertz CT molecular complexity index is 609. The highest BCUT2D eigenvalue weighted by Crippen LogP contribution is 2.20. The van der Waals surface area contributed by atoms with Crippen LogP contribution in [0.25, 0.3) is 0 Å². The molecule has 1 amide bonds. The van der Waals surface area contributed by atoms with Crippen LogP contribution in [-0.2, 0) is 4.79 Å². The van der Waals surface area contributed by atoms with E-state index in [1.165, 1.54) is 6.07 Å². The summed E-state index contributed by atoms with van der Waals surface area (Å²) < 4.78 is 13.9. The molecule has 8 heteroatoms. The fourth-order valence-electron chi connectivity index (χ4n) is 2.82. The van der Waals surface area contributed by atoms with Crippen molar-refractivity contribution in [3.05, 3.63) is 24.1 Å². The van der Waals surface area contributed by atoms with Crippen molar-refractivity contribution >= 4 is 17.7 Å². The number of carbonyl (C=O) groups is 1. The zero-order valence-electron chi connectivity index (χ0n) is 15.6. The van der Waals surface area contributed by atoms with Crippen LogP contribution in [0.3, 0.4) is 0 Å². The fraction of sp³-hybridized carbons (Fsp3) is 0.611. The molecule has 26 heavy (non-hydrogen) atoms. The van der Waals surface area contributed by atoms with Gasteiger partial charge >= 0.3 is 0 Å². The standard InChI is InChI=1S/C18H29FN6O/c1-3-9-21-16(26)7-11-23-18(20-4-2)24-14-8-12-25(13-14)17-15(19)6-5-10-22-17/h5-6,10,14H,3-4,7-9,11-13H2,1-2H3,(H,21,26)(H2,20,23,24). The Kier molecular flexibility index (Phi) is 8.11. The van der Waals surface area contributed by atoms with E-state index in [-0.39, 0.29) is 17.8 Å². The molecule has 0 saturated carbocycles. The molecule has 1 saturated heterocycles. The number of amides is 1. The van der Waals surface area contributed by atoms with Crippen molar-refractivity contribution in [1.29, 1.82) is 0 Å². The molecule has 0 aromatic carbocycles. The van der Waals surface area contributed by atoms with Crippen LogP contribution >= 0.6 is 0 Å². The summed E-state index contributed by atoms with van der Waals surface area (Å²) in [6, 6.07) is 3.18. The summed E-state index contributed by atoms with van der Waals surface area (Å²) in [4.78, 5) is 22.2. The number of anilines is 1. The van der Waals surface area contributed by atoms with Gasteiger partial charge in [0, 0.05) is 44.8 Å². The summed E-state index contributed by atoms with van der Waals surface area (Å²) in [5.74, 6) is 0.798. The summed E-state index contributed by atoms with van der Waals surface area (Å²) in [6.07, 6.45) is 3.77. The van der Waals surface area contributed by atoms with Gasteiger partial charge in [-0.2, -0.15) is 0 Å². The molecule has 0 bridgehead atoms. The van der Waals surface area contributed by atoms with Gasteiger partial charge < -0.3 is 20.9 Å². The van der Waals surface area contributed by atoms with E-state index in [0.29, 0.717) is 37.8 Å². The van der Waals surface area contributed by atoms with Crippen LogP contribution in [0.15, 0.2) is 23.3 Å². The predicted molar refractivity (Wildman–Crippen MR) is 102 cm³/mol. The number of pyridine rings is 1. The lowest BCUT2D eigenvalue weighted by molar-refractivity contribution is -0.120. The minimum Gasteiger partial charge on any atom is -0.357 e. The Hall–Kier alpha value is -2.38. The van der Waals surface area contributed by atoms with E-state index in [1.807, 2.05) is 18.7 Å². The van der Waals surface area contributed by atoms with Gasteiger partial charge in [0.15, 0.2) is 17.6 Å². The maximum atomic E-state index is 13.9. The first kappa shape index (κ1) is 19.9. The Labute approximate surface area is 154 Å². The van der Waals surface area contributed by atoms with Crippen LogP contribution in [0.4, 0.5) is 10.2 Å². The van der Waals surface area contributed by atoms with E-state index in [9.17, 15) is 9.18 Å². The summed E-state index contributed by atoms with van der Waals surface area (Å²) in [5, 5.41) is 9.40. The van der Waals surface area contributed by atoms with Crippen LogP contribution in [0.1, 0.15) is 33.1 Å². The average molecular weight is 364 g/mol. The monoisotopic (exact) mass is 364 g/mol. The molecule has 1 unspecified atom stereocenters. The lowest BCUT2D eigenvalue weighted by Gasteiger charge is -2.19. The Morgan fingerprint density at radius 2 is 2.27 bits per heavy atom. The van der Waals surface area contributed by atoms with Gasteiger partial charge in [0.25, 0.3) is 0 Å². The van der Waals surface area contributed by atoms with Crippen molar-refractivity contribution in [1.82, 2.24) is 20.9 Å². The average Bonchev–Trinajstić information content (AvgIpc) is 3.08. The van der Waals surface area contributed by atoms with Gasteiger partial charge in [-0.1, -0.05) is 6.92 Å². The fourth-order valence-corrected chi connectivity index (χ4v) is 2.82. The highest BCUT2D eigenvalue weighted by atomic mass is 19.1. The number of hydrogen-bond acceptors (Lipinski definition) is 4. The molecule has 0 spiro atoms. The molecular formula is C18H29FN6O. The van der Waals surface area contributed by atoms with E-state index in [4.69, 9.17) is 0 Å². The number of halogens is 1. The van der Waals surface area contributed by atoms with Crippen molar-refractivity contribution < 1.29 is 9.18 Å². The molecule has 1 atom stereocenters. The van der Waals surface area contributed by atoms with E-state index in [1.54, 1.807) is 12.3 Å². The number of nitrogens with zero attached hydrogens (tertiary/aromatic N) is 3. The van der Waals surface area contributed by atoms with E-state index in [0.717, 1.165) is 25.9 Å². The van der Waals surface area contributed by atoms with Crippen molar-refractivity contribution in [3.63, 3.8) is 0 Å². The van der Waals surface area contributed by atoms with Crippen LogP contribution in [-0.4, -0.2) is 55.6 Å². The second-order valence-electron chi connectivity index (χ2n) is 6.25. The van der Waals surface area contributed by atoms with Crippen molar-refractivity contribution in [2.75, 3.05) is 37.6 Å². The lowest BCUT2D eigenvalue weighted by Crippen LogP contribution is -2.44. The number of rotatable bonds is 8. The Morgan fingerprint density at radius 3 is 3.00 bits per heavy atom. The van der Waals surface area contributed by atoms with E-state index in [2.05, 4.69) is 25.9 Å². The minimum absolute atomic E-state index is 0.0177. The quantitative estimate of drug-likeness (QED) is 0.478. The molecule has 1 fully saturated rings. The molecule has 0 radical (unpaired) electrons. The van der Waals surface area contributed by atoms with Gasteiger partial charge in [0.05, 0.1) is 6.54 Å².